The second-order valence-corrected chi connectivity index (χ2v) is 11.9. The van der Waals surface area contributed by atoms with Gasteiger partial charge in [0.15, 0.2) is 0 Å². The highest BCUT2D eigenvalue weighted by Crippen LogP contribution is 2.51. The summed E-state index contributed by atoms with van der Waals surface area (Å²) in [6, 6.07) is 8.30. The maximum atomic E-state index is 14.2. The molecule has 0 amide bonds. The van der Waals surface area contributed by atoms with Crippen LogP contribution in [-0.4, -0.2) is 47.6 Å². The van der Waals surface area contributed by atoms with Crippen molar-refractivity contribution in [2.75, 3.05) is 13.1 Å². The van der Waals surface area contributed by atoms with Gasteiger partial charge in [-0.15, -0.1) is 10.2 Å². The molecule has 2 fully saturated rings. The number of pyridine rings is 1. The summed E-state index contributed by atoms with van der Waals surface area (Å²) >= 11 is 0. The third-order valence-electron chi connectivity index (χ3n) is 8.76. The molecule has 1 aromatic carbocycles. The number of likely N-dealkylation sites (tertiary alicyclic amines) is 1. The number of hydrogen-bond donors (Lipinski definition) is 0. The third kappa shape index (κ3) is 4.65. The molecule has 0 spiro atoms. The first-order valence-corrected chi connectivity index (χ1v) is 13.7. The summed E-state index contributed by atoms with van der Waals surface area (Å²) in [6.07, 6.45) is 0.832. The SMILES string of the molecule is C[C@@H]1CN(Cc2cc(C(F)(F)F)c3cn(-c4cccc([C@]5(c6nncn6C)C[C@@H](C)C5)c4)c(=O)n3c2)CCC1(F)F. The van der Waals surface area contributed by atoms with Crippen molar-refractivity contribution in [3.05, 3.63) is 82.1 Å². The lowest BCUT2D eigenvalue weighted by molar-refractivity contribution is -0.136. The van der Waals surface area contributed by atoms with Crippen molar-refractivity contribution in [2.45, 2.75) is 57.2 Å². The van der Waals surface area contributed by atoms with Crippen LogP contribution < -0.4 is 5.69 Å². The van der Waals surface area contributed by atoms with Gasteiger partial charge in [0.25, 0.3) is 5.92 Å². The van der Waals surface area contributed by atoms with Crippen LogP contribution in [0.3, 0.4) is 0 Å². The second kappa shape index (κ2) is 9.50. The smallest absolute Gasteiger partial charge is 0.320 e. The fourth-order valence-corrected chi connectivity index (χ4v) is 6.66. The maximum absolute atomic E-state index is 14.2. The van der Waals surface area contributed by atoms with E-state index in [4.69, 9.17) is 0 Å². The van der Waals surface area contributed by atoms with Crippen molar-refractivity contribution >= 4 is 5.52 Å². The molecule has 1 saturated heterocycles. The lowest BCUT2D eigenvalue weighted by atomic mass is 9.58. The molecule has 1 aliphatic carbocycles. The van der Waals surface area contributed by atoms with Gasteiger partial charge in [0.1, 0.15) is 12.2 Å². The average Bonchev–Trinajstić information content (AvgIpc) is 3.46. The Morgan fingerprint density at radius 2 is 1.85 bits per heavy atom. The molecule has 6 rings (SSSR count). The number of alkyl halides is 5. The van der Waals surface area contributed by atoms with Gasteiger partial charge in [0.05, 0.1) is 22.2 Å². The molecule has 4 heterocycles. The van der Waals surface area contributed by atoms with Gasteiger partial charge in [-0.3, -0.25) is 13.9 Å². The summed E-state index contributed by atoms with van der Waals surface area (Å²) in [5.41, 5.74) is -0.663. The van der Waals surface area contributed by atoms with E-state index in [-0.39, 0.29) is 37.1 Å². The van der Waals surface area contributed by atoms with Crippen LogP contribution in [0.25, 0.3) is 11.2 Å². The van der Waals surface area contributed by atoms with Crippen molar-refractivity contribution in [1.82, 2.24) is 28.6 Å². The maximum Gasteiger partial charge on any atom is 0.418 e. The first kappa shape index (κ1) is 27.6. The lowest BCUT2D eigenvalue weighted by Crippen LogP contribution is -2.45. The molecule has 1 saturated carbocycles. The molecule has 1 atom stereocenters. The Morgan fingerprint density at radius 1 is 1.10 bits per heavy atom. The van der Waals surface area contributed by atoms with Crippen LogP contribution >= 0.6 is 0 Å². The third-order valence-corrected chi connectivity index (χ3v) is 8.76. The number of piperidine rings is 1. The van der Waals surface area contributed by atoms with E-state index >= 15 is 0 Å². The zero-order valence-electron chi connectivity index (χ0n) is 23.0. The summed E-state index contributed by atoms with van der Waals surface area (Å²) in [7, 11) is 1.88. The van der Waals surface area contributed by atoms with Crippen LogP contribution in [0.15, 0.2) is 53.8 Å². The number of nitrogens with zero attached hydrogens (tertiary/aromatic N) is 6. The molecule has 12 heteroatoms. The van der Waals surface area contributed by atoms with Crippen LogP contribution in [0.5, 0.6) is 0 Å². The van der Waals surface area contributed by atoms with E-state index in [9.17, 15) is 26.7 Å². The molecule has 218 valence electrons. The first-order valence-electron chi connectivity index (χ1n) is 13.7. The van der Waals surface area contributed by atoms with E-state index in [2.05, 4.69) is 17.1 Å². The molecule has 0 bridgehead atoms. The fourth-order valence-electron chi connectivity index (χ4n) is 6.66. The van der Waals surface area contributed by atoms with Crippen LogP contribution in [0.1, 0.15) is 55.6 Å². The van der Waals surface area contributed by atoms with Crippen LogP contribution in [0, 0.1) is 11.8 Å². The fraction of sp³-hybridized carbons (Fsp3) is 0.483. The zero-order chi connectivity index (χ0) is 29.3. The summed E-state index contributed by atoms with van der Waals surface area (Å²) < 4.78 is 74.8. The first-order chi connectivity index (χ1) is 19.3. The van der Waals surface area contributed by atoms with Crippen molar-refractivity contribution in [2.24, 2.45) is 18.9 Å². The van der Waals surface area contributed by atoms with Gasteiger partial charge < -0.3 is 4.57 Å². The van der Waals surface area contributed by atoms with E-state index in [1.165, 1.54) is 23.9 Å². The minimum atomic E-state index is -4.72. The van der Waals surface area contributed by atoms with Crippen LogP contribution in [0.4, 0.5) is 22.0 Å². The standard InChI is InChI=1S/C29H31F5N6O/c1-18-11-27(12-18,25-36-35-17-37(25)3)21-5-4-6-22(10-21)39-16-24-23(29(32,33)34)9-20(15-40(24)26(39)41)14-38-8-7-28(30,31)19(2)13-38/h4-6,9-10,15-19H,7-8,11-14H2,1-3H3/t18-,19-,27+/m1/s1. The summed E-state index contributed by atoms with van der Waals surface area (Å²) in [4.78, 5) is 15.3. The number of hydrogen-bond acceptors (Lipinski definition) is 4. The predicted molar refractivity (Wildman–Crippen MR) is 142 cm³/mol. The zero-order valence-corrected chi connectivity index (χ0v) is 23.0. The molecule has 1 aliphatic heterocycles. The Balaban J connectivity index is 1.41. The van der Waals surface area contributed by atoms with Crippen molar-refractivity contribution in [1.29, 1.82) is 0 Å². The van der Waals surface area contributed by atoms with Gasteiger partial charge in [0.2, 0.25) is 0 Å². The Labute approximate surface area is 233 Å². The molecule has 4 aromatic rings. The van der Waals surface area contributed by atoms with Gasteiger partial charge in [-0.2, -0.15) is 13.2 Å². The number of benzene rings is 1. The van der Waals surface area contributed by atoms with Gasteiger partial charge in [-0.25, -0.2) is 13.6 Å². The van der Waals surface area contributed by atoms with Crippen LogP contribution in [0.2, 0.25) is 0 Å². The number of rotatable bonds is 5. The summed E-state index contributed by atoms with van der Waals surface area (Å²) in [5, 5.41) is 8.40. The van der Waals surface area contributed by atoms with Gasteiger partial charge in [-0.1, -0.05) is 26.0 Å². The predicted octanol–water partition coefficient (Wildman–Crippen LogP) is 5.43. The average molecular weight is 575 g/mol. The molecular formula is C29H31F5N6O. The Morgan fingerprint density at radius 3 is 2.49 bits per heavy atom. The Bertz CT molecular complexity index is 1660. The Kier molecular flexibility index (Phi) is 6.40. The highest BCUT2D eigenvalue weighted by molar-refractivity contribution is 5.58. The quantitative estimate of drug-likeness (QED) is 0.299. The number of halogens is 5. The molecule has 0 unspecified atom stereocenters. The lowest BCUT2D eigenvalue weighted by Gasteiger charge is -2.46. The number of fused-ring (bicyclic) bond motifs is 1. The van der Waals surface area contributed by atoms with Gasteiger partial charge in [0, 0.05) is 51.4 Å². The normalized spacial score (nSPS) is 25.0. The molecule has 0 radical (unpaired) electrons. The second-order valence-electron chi connectivity index (χ2n) is 11.9. The van der Waals surface area contributed by atoms with E-state index in [0.29, 0.717) is 11.6 Å². The highest BCUT2D eigenvalue weighted by atomic mass is 19.4. The van der Waals surface area contributed by atoms with E-state index < -0.39 is 34.7 Å². The molecule has 0 N–H and O–H groups in total. The Hall–Kier alpha value is -3.54. The summed E-state index contributed by atoms with van der Waals surface area (Å²) in [5.74, 6) is -2.46. The highest BCUT2D eigenvalue weighted by Gasteiger charge is 2.48. The topological polar surface area (TPSA) is 60.4 Å². The minimum Gasteiger partial charge on any atom is -0.320 e. The number of imidazole rings is 1. The van der Waals surface area contributed by atoms with Crippen molar-refractivity contribution in [3.8, 4) is 5.69 Å². The van der Waals surface area contributed by atoms with E-state index in [1.54, 1.807) is 23.4 Å². The molecule has 2 aliphatic rings. The number of aryl methyl sites for hydroxylation is 1. The molecule has 7 nitrogen and oxygen atoms in total. The van der Waals surface area contributed by atoms with E-state index in [0.717, 1.165) is 34.7 Å². The molecule has 41 heavy (non-hydrogen) atoms. The van der Waals surface area contributed by atoms with Gasteiger partial charge >= 0.3 is 11.9 Å². The number of aromatic nitrogens is 5. The van der Waals surface area contributed by atoms with Gasteiger partial charge in [-0.05, 0) is 48.1 Å². The monoisotopic (exact) mass is 574 g/mol. The van der Waals surface area contributed by atoms with Crippen molar-refractivity contribution in [3.63, 3.8) is 0 Å². The minimum absolute atomic E-state index is 0.0327. The van der Waals surface area contributed by atoms with Crippen molar-refractivity contribution < 1.29 is 22.0 Å². The largest absolute Gasteiger partial charge is 0.418 e. The van der Waals surface area contributed by atoms with Crippen LogP contribution in [-0.2, 0) is 25.2 Å². The summed E-state index contributed by atoms with van der Waals surface area (Å²) in [6.45, 7) is 3.74. The molecule has 3 aromatic heterocycles. The van der Waals surface area contributed by atoms with E-state index in [1.807, 2.05) is 23.7 Å². The molecular weight excluding hydrogens is 543 g/mol.